The Morgan fingerprint density at radius 2 is 1.79 bits per heavy atom. The summed E-state index contributed by atoms with van der Waals surface area (Å²) in [5, 5.41) is 7.50. The lowest BCUT2D eigenvalue weighted by atomic mass is 9.84. The second kappa shape index (κ2) is 7.62. The van der Waals surface area contributed by atoms with Crippen molar-refractivity contribution in [2.75, 3.05) is 19.8 Å². The molecule has 6 nitrogen and oxygen atoms in total. The maximum Gasteiger partial charge on any atom is 0.271 e. The maximum absolute atomic E-state index is 12.7. The summed E-state index contributed by atoms with van der Waals surface area (Å²) in [7, 11) is 0. The third kappa shape index (κ3) is 3.97. The molecule has 0 aliphatic carbocycles. The van der Waals surface area contributed by atoms with E-state index >= 15 is 0 Å². The summed E-state index contributed by atoms with van der Waals surface area (Å²) in [5.41, 5.74) is 3.05. The topological polar surface area (TPSA) is 65.4 Å². The van der Waals surface area contributed by atoms with Crippen molar-refractivity contribution >= 4 is 5.91 Å². The molecule has 1 aliphatic rings. The predicted octanol–water partition coefficient (Wildman–Crippen LogP) is 3.66. The average Bonchev–Trinajstić information content (AvgIpc) is 3.14. The van der Waals surface area contributed by atoms with E-state index in [4.69, 9.17) is 9.47 Å². The molecule has 0 radical (unpaired) electrons. The van der Waals surface area contributed by atoms with Crippen LogP contribution in [0.4, 0.5) is 0 Å². The van der Waals surface area contributed by atoms with E-state index in [0.717, 1.165) is 28.4 Å². The first kappa shape index (κ1) is 19.1. The SMILES string of the molecule is Cc1cc(C(=O)NCC(C)(C)c2ccc3c(c2)OCCO3)nn1-c1ccccc1. The van der Waals surface area contributed by atoms with Gasteiger partial charge in [-0.3, -0.25) is 4.79 Å². The Morgan fingerprint density at radius 1 is 1.07 bits per heavy atom. The number of nitrogens with one attached hydrogen (secondary N) is 1. The van der Waals surface area contributed by atoms with Crippen molar-refractivity contribution in [3.8, 4) is 17.2 Å². The summed E-state index contributed by atoms with van der Waals surface area (Å²) in [5.74, 6) is 1.33. The van der Waals surface area contributed by atoms with Gasteiger partial charge in [-0.25, -0.2) is 4.68 Å². The molecule has 29 heavy (non-hydrogen) atoms. The van der Waals surface area contributed by atoms with E-state index in [9.17, 15) is 4.79 Å². The van der Waals surface area contributed by atoms with E-state index in [1.54, 1.807) is 10.7 Å². The predicted molar refractivity (Wildman–Crippen MR) is 111 cm³/mol. The number of fused-ring (bicyclic) bond motifs is 1. The van der Waals surface area contributed by atoms with Crippen LogP contribution in [0.3, 0.4) is 0 Å². The lowest BCUT2D eigenvalue weighted by molar-refractivity contribution is 0.0940. The van der Waals surface area contributed by atoms with E-state index in [2.05, 4.69) is 24.3 Å². The molecular formula is C23H25N3O3. The average molecular weight is 391 g/mol. The molecule has 0 saturated carbocycles. The van der Waals surface area contributed by atoms with E-state index in [1.807, 2.05) is 55.5 Å². The normalized spacial score (nSPS) is 13.2. The summed E-state index contributed by atoms with van der Waals surface area (Å²) in [6.45, 7) is 7.72. The number of benzene rings is 2. The van der Waals surface area contributed by atoms with Gasteiger partial charge in [0.15, 0.2) is 17.2 Å². The van der Waals surface area contributed by atoms with Gasteiger partial charge in [0.05, 0.1) is 5.69 Å². The largest absolute Gasteiger partial charge is 0.486 e. The number of carbonyl (C=O) groups is 1. The Kier molecular flexibility index (Phi) is 5.01. The first-order chi connectivity index (χ1) is 13.9. The van der Waals surface area contributed by atoms with Gasteiger partial charge in [0.25, 0.3) is 5.91 Å². The van der Waals surface area contributed by atoms with Gasteiger partial charge >= 0.3 is 0 Å². The number of para-hydroxylation sites is 1. The van der Waals surface area contributed by atoms with Crippen LogP contribution in [0.15, 0.2) is 54.6 Å². The molecule has 2 heterocycles. The Bertz CT molecular complexity index is 1030. The highest BCUT2D eigenvalue weighted by molar-refractivity contribution is 5.92. The van der Waals surface area contributed by atoms with Gasteiger partial charge in [-0.05, 0) is 42.8 Å². The molecular weight excluding hydrogens is 366 g/mol. The number of hydrogen-bond donors (Lipinski definition) is 1. The van der Waals surface area contributed by atoms with Gasteiger partial charge in [-0.2, -0.15) is 5.10 Å². The van der Waals surface area contributed by atoms with Crippen molar-refractivity contribution in [2.45, 2.75) is 26.2 Å². The molecule has 2 aromatic carbocycles. The van der Waals surface area contributed by atoms with Crippen molar-refractivity contribution < 1.29 is 14.3 Å². The van der Waals surface area contributed by atoms with Crippen LogP contribution in [-0.2, 0) is 5.41 Å². The van der Waals surface area contributed by atoms with Crippen molar-refractivity contribution in [1.29, 1.82) is 0 Å². The van der Waals surface area contributed by atoms with Crippen molar-refractivity contribution in [3.63, 3.8) is 0 Å². The molecule has 1 aliphatic heterocycles. The van der Waals surface area contributed by atoms with Crippen molar-refractivity contribution in [2.24, 2.45) is 0 Å². The summed E-state index contributed by atoms with van der Waals surface area (Å²) in [4.78, 5) is 12.7. The molecule has 3 aromatic rings. The molecule has 0 atom stereocenters. The van der Waals surface area contributed by atoms with Crippen LogP contribution in [0.1, 0.15) is 35.6 Å². The Hall–Kier alpha value is -3.28. The third-order valence-electron chi connectivity index (χ3n) is 5.14. The van der Waals surface area contributed by atoms with Crippen molar-refractivity contribution in [3.05, 3.63) is 71.5 Å². The summed E-state index contributed by atoms with van der Waals surface area (Å²) in [6.07, 6.45) is 0. The number of aromatic nitrogens is 2. The lowest BCUT2D eigenvalue weighted by Crippen LogP contribution is -2.37. The second-order valence-electron chi connectivity index (χ2n) is 7.84. The van der Waals surface area contributed by atoms with Gasteiger partial charge in [-0.1, -0.05) is 38.1 Å². The minimum absolute atomic E-state index is 0.187. The Balaban J connectivity index is 1.46. The fourth-order valence-electron chi connectivity index (χ4n) is 3.37. The van der Waals surface area contributed by atoms with Gasteiger partial charge in [0.2, 0.25) is 0 Å². The van der Waals surface area contributed by atoms with Crippen molar-refractivity contribution in [1.82, 2.24) is 15.1 Å². The molecule has 6 heteroatoms. The van der Waals surface area contributed by atoms with Crippen LogP contribution in [-0.4, -0.2) is 35.4 Å². The number of nitrogens with zero attached hydrogens (tertiary/aromatic N) is 2. The Labute approximate surface area is 170 Å². The zero-order chi connectivity index (χ0) is 20.4. The van der Waals surface area contributed by atoms with Crippen LogP contribution in [0, 0.1) is 6.92 Å². The quantitative estimate of drug-likeness (QED) is 0.721. The first-order valence-corrected chi connectivity index (χ1v) is 9.74. The second-order valence-corrected chi connectivity index (χ2v) is 7.84. The van der Waals surface area contributed by atoms with Crippen LogP contribution < -0.4 is 14.8 Å². The standard InChI is InChI=1S/C23H25N3O3/c1-16-13-19(25-26(16)18-7-5-4-6-8-18)22(27)24-15-23(2,3)17-9-10-20-21(14-17)29-12-11-28-20/h4-10,13-14H,11-12,15H2,1-3H3,(H,24,27). The highest BCUT2D eigenvalue weighted by atomic mass is 16.6. The van der Waals surface area contributed by atoms with Gasteiger partial charge in [0.1, 0.15) is 13.2 Å². The molecule has 0 bridgehead atoms. The van der Waals surface area contributed by atoms with Gasteiger partial charge in [0, 0.05) is 17.7 Å². The highest BCUT2D eigenvalue weighted by Gasteiger charge is 2.25. The monoisotopic (exact) mass is 391 g/mol. The smallest absolute Gasteiger partial charge is 0.271 e. The summed E-state index contributed by atoms with van der Waals surface area (Å²) >= 11 is 0. The van der Waals surface area contributed by atoms with E-state index in [-0.39, 0.29) is 11.3 Å². The minimum atomic E-state index is -0.275. The van der Waals surface area contributed by atoms with Crippen LogP contribution in [0.25, 0.3) is 5.69 Å². The highest BCUT2D eigenvalue weighted by Crippen LogP contribution is 2.34. The maximum atomic E-state index is 12.7. The number of carbonyl (C=O) groups excluding carboxylic acids is 1. The molecule has 1 aromatic heterocycles. The zero-order valence-corrected chi connectivity index (χ0v) is 16.9. The number of ether oxygens (including phenoxy) is 2. The molecule has 4 rings (SSSR count). The Morgan fingerprint density at radius 3 is 2.55 bits per heavy atom. The van der Waals surface area contributed by atoms with Crippen LogP contribution >= 0.6 is 0 Å². The molecule has 0 spiro atoms. The van der Waals surface area contributed by atoms with Gasteiger partial charge < -0.3 is 14.8 Å². The fraction of sp³-hybridized carbons (Fsp3) is 0.304. The van der Waals surface area contributed by atoms with Crippen LogP contribution in [0.2, 0.25) is 0 Å². The van der Waals surface area contributed by atoms with Gasteiger partial charge in [-0.15, -0.1) is 0 Å². The number of rotatable bonds is 5. The summed E-state index contributed by atoms with van der Waals surface area (Å²) in [6, 6.07) is 17.5. The third-order valence-corrected chi connectivity index (χ3v) is 5.14. The van der Waals surface area contributed by atoms with E-state index < -0.39 is 0 Å². The van der Waals surface area contributed by atoms with E-state index in [1.165, 1.54) is 0 Å². The molecule has 1 amide bonds. The first-order valence-electron chi connectivity index (χ1n) is 9.74. The molecule has 0 fully saturated rings. The summed E-state index contributed by atoms with van der Waals surface area (Å²) < 4.78 is 13.1. The number of amides is 1. The fourth-order valence-corrected chi connectivity index (χ4v) is 3.37. The molecule has 1 N–H and O–H groups in total. The lowest BCUT2D eigenvalue weighted by Gasteiger charge is -2.27. The van der Waals surface area contributed by atoms with Crippen LogP contribution in [0.5, 0.6) is 11.5 Å². The molecule has 150 valence electrons. The number of hydrogen-bond acceptors (Lipinski definition) is 4. The minimum Gasteiger partial charge on any atom is -0.486 e. The molecule has 0 unspecified atom stereocenters. The molecule has 0 saturated heterocycles. The number of aryl methyl sites for hydroxylation is 1. The van der Waals surface area contributed by atoms with E-state index in [0.29, 0.717) is 25.5 Å². The zero-order valence-electron chi connectivity index (χ0n) is 16.9.